The molecule has 0 aliphatic rings. The van der Waals surface area contributed by atoms with E-state index in [2.05, 4.69) is 0 Å². The molecule has 0 amide bonds. The molecule has 0 bridgehead atoms. The molecule has 1 aromatic rings. The molecule has 0 heterocycles. The number of benzene rings is 1. The van der Waals surface area contributed by atoms with E-state index < -0.39 is 16.6 Å². The topological polar surface area (TPSA) is 44.8 Å². The Morgan fingerprint density at radius 3 is 2.05 bits per heavy atom. The van der Waals surface area contributed by atoms with Crippen molar-refractivity contribution in [2.75, 3.05) is 0 Å². The third-order valence-corrected chi connectivity index (χ3v) is 3.27. The second-order valence-corrected chi connectivity index (χ2v) is 15.1. The maximum absolute atomic E-state index is 12.1. The van der Waals surface area contributed by atoms with Crippen LogP contribution in [0.2, 0.25) is 39.3 Å². The molecule has 0 unspecified atom stereocenters. The third-order valence-electron chi connectivity index (χ3n) is 1.89. The summed E-state index contributed by atoms with van der Waals surface area (Å²) in [7, 11) is -3.73. The van der Waals surface area contributed by atoms with Crippen LogP contribution in [-0.2, 0) is 9.00 Å². The van der Waals surface area contributed by atoms with Gasteiger partial charge in [0.1, 0.15) is 5.56 Å². The second kappa shape index (κ2) is 5.89. The normalized spacial score (nSPS) is 12.1. The van der Waals surface area contributed by atoms with Gasteiger partial charge in [-0.3, -0.25) is 0 Å². The lowest BCUT2D eigenvalue weighted by atomic mass is 10.2. The van der Waals surface area contributed by atoms with E-state index in [1.54, 1.807) is 24.3 Å². The zero-order valence-corrected chi connectivity index (χ0v) is 14.4. The molecule has 0 atom stereocenters. The molecule has 0 aliphatic carbocycles. The summed E-state index contributed by atoms with van der Waals surface area (Å²) in [6.07, 6.45) is 0. The number of carbonyl (C=O) groups excluding carboxylic acids is 1. The number of hydrogen-bond acceptors (Lipinski definition) is 4. The molecule has 0 saturated heterocycles. The van der Waals surface area contributed by atoms with Crippen LogP contribution in [0.5, 0.6) is 5.75 Å². The fourth-order valence-electron chi connectivity index (χ4n) is 1.21. The highest BCUT2D eigenvalue weighted by Crippen LogP contribution is 2.22. The van der Waals surface area contributed by atoms with Crippen LogP contribution in [0.4, 0.5) is 0 Å². The zero-order chi connectivity index (χ0) is 14.7. The maximum Gasteiger partial charge on any atom is 0.328 e. The first kappa shape index (κ1) is 15.9. The summed E-state index contributed by atoms with van der Waals surface area (Å²) in [4.78, 5) is 17.4. The van der Waals surface area contributed by atoms with E-state index in [-0.39, 0.29) is 5.97 Å². The van der Waals surface area contributed by atoms with E-state index >= 15 is 0 Å². The maximum atomic E-state index is 12.1. The van der Waals surface area contributed by atoms with Crippen molar-refractivity contribution in [2.45, 2.75) is 39.3 Å². The minimum absolute atomic E-state index is 0.353. The first-order valence-corrected chi connectivity index (χ1v) is 13.1. The highest BCUT2D eigenvalue weighted by Gasteiger charge is 2.24. The Morgan fingerprint density at radius 1 is 0.947 bits per heavy atom. The molecule has 0 saturated carbocycles. The molecule has 0 spiro atoms. The summed E-state index contributed by atoms with van der Waals surface area (Å²) in [5.41, 5.74) is 0.406. The lowest BCUT2D eigenvalue weighted by Crippen LogP contribution is -2.30. The first-order chi connectivity index (χ1) is 8.58. The Hall–Kier alpha value is -1.12. The van der Waals surface area contributed by atoms with Gasteiger partial charge in [-0.15, -0.1) is 0 Å². The standard InChI is InChI=1S/C13H22O4Si2/c1-18(2,3)16-13(14)11-9-7-8-10-12(11)15-17-19(4,5)6/h7-10H,1-6H3. The predicted molar refractivity (Wildman–Crippen MR) is 80.3 cm³/mol. The van der Waals surface area contributed by atoms with Crippen LogP contribution < -0.4 is 4.89 Å². The van der Waals surface area contributed by atoms with Crippen molar-refractivity contribution >= 4 is 22.6 Å². The zero-order valence-electron chi connectivity index (χ0n) is 12.4. The molecule has 0 aliphatic heterocycles. The van der Waals surface area contributed by atoms with Crippen molar-refractivity contribution < 1.29 is 18.7 Å². The van der Waals surface area contributed by atoms with Gasteiger partial charge in [-0.05, 0) is 51.4 Å². The lowest BCUT2D eigenvalue weighted by molar-refractivity contribution is -0.112. The summed E-state index contributed by atoms with van der Waals surface area (Å²) in [5.74, 6) is 0.0575. The molecule has 0 radical (unpaired) electrons. The highest BCUT2D eigenvalue weighted by molar-refractivity contribution is 6.71. The number of rotatable bonds is 5. The van der Waals surface area contributed by atoms with E-state index in [1.807, 2.05) is 39.3 Å². The quantitative estimate of drug-likeness (QED) is 0.471. The molecular formula is C13H22O4Si2. The van der Waals surface area contributed by atoms with Gasteiger partial charge >= 0.3 is 5.97 Å². The van der Waals surface area contributed by atoms with Gasteiger partial charge < -0.3 is 9.31 Å². The Balaban J connectivity index is 2.87. The minimum Gasteiger partial charge on any atom is -0.516 e. The molecule has 0 aromatic heterocycles. The SMILES string of the molecule is C[Si](C)(C)OOc1ccccc1C(=O)O[Si](C)(C)C. The molecule has 106 valence electrons. The van der Waals surface area contributed by atoms with E-state index in [9.17, 15) is 4.79 Å². The van der Waals surface area contributed by atoms with Crippen LogP contribution in [0.25, 0.3) is 0 Å². The van der Waals surface area contributed by atoms with Crippen LogP contribution in [0.3, 0.4) is 0 Å². The Labute approximate surface area is 116 Å². The van der Waals surface area contributed by atoms with Crippen molar-refractivity contribution in [3.8, 4) is 5.75 Å². The fourth-order valence-corrected chi connectivity index (χ4v) is 2.22. The largest absolute Gasteiger partial charge is 0.516 e. The van der Waals surface area contributed by atoms with Gasteiger partial charge in [0.25, 0.3) is 0 Å². The molecule has 0 N–H and O–H groups in total. The van der Waals surface area contributed by atoms with Crippen LogP contribution in [0.1, 0.15) is 10.4 Å². The summed E-state index contributed by atoms with van der Waals surface area (Å²) >= 11 is 0. The van der Waals surface area contributed by atoms with Gasteiger partial charge in [-0.25, -0.2) is 9.37 Å². The van der Waals surface area contributed by atoms with E-state index in [0.29, 0.717) is 11.3 Å². The summed E-state index contributed by atoms with van der Waals surface area (Å²) in [6.45, 7) is 11.9. The van der Waals surface area contributed by atoms with Crippen LogP contribution in [-0.4, -0.2) is 22.6 Å². The van der Waals surface area contributed by atoms with Gasteiger partial charge in [0.15, 0.2) is 5.75 Å². The van der Waals surface area contributed by atoms with Gasteiger partial charge in [-0.1, -0.05) is 12.1 Å². The molecule has 4 nitrogen and oxygen atoms in total. The second-order valence-electron chi connectivity index (χ2n) is 6.28. The monoisotopic (exact) mass is 298 g/mol. The number of para-hydroxylation sites is 1. The number of carbonyl (C=O) groups is 1. The van der Waals surface area contributed by atoms with E-state index in [0.717, 1.165) is 0 Å². The van der Waals surface area contributed by atoms with Crippen molar-refractivity contribution in [3.05, 3.63) is 29.8 Å². The van der Waals surface area contributed by atoms with Crippen molar-refractivity contribution in [3.63, 3.8) is 0 Å². The van der Waals surface area contributed by atoms with Gasteiger partial charge in [0.05, 0.1) is 0 Å². The van der Waals surface area contributed by atoms with Crippen molar-refractivity contribution in [1.29, 1.82) is 0 Å². The molecule has 1 rings (SSSR count). The Morgan fingerprint density at radius 2 is 1.53 bits per heavy atom. The molecule has 6 heteroatoms. The molecular weight excluding hydrogens is 276 g/mol. The Bertz CT molecular complexity index is 447. The van der Waals surface area contributed by atoms with Gasteiger partial charge in [-0.2, -0.15) is 0 Å². The van der Waals surface area contributed by atoms with Crippen molar-refractivity contribution in [2.24, 2.45) is 0 Å². The van der Waals surface area contributed by atoms with E-state index in [4.69, 9.17) is 13.9 Å². The smallest absolute Gasteiger partial charge is 0.328 e. The molecule has 0 fully saturated rings. The first-order valence-electron chi connectivity index (χ1n) is 6.26. The Kier molecular flexibility index (Phi) is 4.94. The summed E-state index contributed by atoms with van der Waals surface area (Å²) in [6, 6.07) is 6.97. The van der Waals surface area contributed by atoms with Crippen LogP contribution in [0, 0.1) is 0 Å². The van der Waals surface area contributed by atoms with Gasteiger partial charge in [0, 0.05) is 0 Å². The van der Waals surface area contributed by atoms with Crippen LogP contribution >= 0.6 is 0 Å². The lowest BCUT2D eigenvalue weighted by Gasteiger charge is -2.20. The van der Waals surface area contributed by atoms with Crippen molar-refractivity contribution in [1.82, 2.24) is 0 Å². The third kappa shape index (κ3) is 6.04. The average Bonchev–Trinajstić information content (AvgIpc) is 2.23. The molecule has 19 heavy (non-hydrogen) atoms. The summed E-state index contributed by atoms with van der Waals surface area (Å²) in [5, 5.41) is 0. The number of hydrogen-bond donors (Lipinski definition) is 0. The highest BCUT2D eigenvalue weighted by atomic mass is 28.4. The minimum atomic E-state index is -1.92. The van der Waals surface area contributed by atoms with E-state index in [1.165, 1.54) is 0 Å². The fraction of sp³-hybridized carbons (Fsp3) is 0.462. The summed E-state index contributed by atoms with van der Waals surface area (Å²) < 4.78 is 10.9. The van der Waals surface area contributed by atoms with Gasteiger partial charge in [0.2, 0.25) is 16.6 Å². The molecule has 1 aromatic carbocycles. The van der Waals surface area contributed by atoms with Crippen LogP contribution in [0.15, 0.2) is 24.3 Å². The average molecular weight is 298 g/mol. The predicted octanol–water partition coefficient (Wildman–Crippen LogP) is 3.82.